The first-order valence-corrected chi connectivity index (χ1v) is 15.9. The molecule has 0 radical (unpaired) electrons. The molecule has 6 aromatic carbocycles. The SMILES string of the molecule is CC.ClC1Nc2ccccc2N=C1n1c2ccccc2c2ccc(-c3ccc4c(c3)c3ccccc3n4-c3ccccc3)cc21. The summed E-state index contributed by atoms with van der Waals surface area (Å²) >= 11 is 6.97. The lowest BCUT2D eigenvalue weighted by molar-refractivity contribution is 1.11. The van der Waals surface area contributed by atoms with Gasteiger partial charge in [-0.3, -0.25) is 4.57 Å². The number of para-hydroxylation sites is 5. The molecule has 0 saturated heterocycles. The highest BCUT2D eigenvalue weighted by Crippen LogP contribution is 2.39. The van der Waals surface area contributed by atoms with Gasteiger partial charge in [0.15, 0.2) is 11.3 Å². The van der Waals surface area contributed by atoms with Crippen LogP contribution in [0.15, 0.2) is 145 Å². The molecular formula is C40H31ClN4. The van der Waals surface area contributed by atoms with E-state index >= 15 is 0 Å². The standard InChI is InChI=1S/C38H25ClN4.C2H6/c39-37-38(41-32-15-7-6-14-31(32)40-37)43-34-17-9-4-12-27(34)29-20-18-25(23-36(29)43)24-19-21-35-30(22-24)28-13-5-8-16-33(28)42(35)26-10-2-1-3-11-26;1-2/h1-23,37,40H;1-2H3. The number of nitrogens with one attached hydrogen (secondary N) is 1. The molecule has 0 saturated carbocycles. The fourth-order valence-corrected chi connectivity index (χ4v) is 6.91. The fourth-order valence-electron chi connectivity index (χ4n) is 6.64. The number of rotatable bonds is 2. The van der Waals surface area contributed by atoms with Crippen molar-refractivity contribution in [3.05, 3.63) is 140 Å². The monoisotopic (exact) mass is 602 g/mol. The van der Waals surface area contributed by atoms with Crippen molar-refractivity contribution >= 4 is 72.4 Å². The number of anilines is 1. The van der Waals surface area contributed by atoms with Crippen LogP contribution in [0.3, 0.4) is 0 Å². The number of hydrogen-bond donors (Lipinski definition) is 1. The zero-order chi connectivity index (χ0) is 30.5. The first-order valence-electron chi connectivity index (χ1n) is 15.5. The number of benzene rings is 6. The second-order valence-corrected chi connectivity index (χ2v) is 11.4. The van der Waals surface area contributed by atoms with Crippen LogP contribution >= 0.6 is 11.6 Å². The van der Waals surface area contributed by atoms with E-state index in [1.165, 1.54) is 38.1 Å². The largest absolute Gasteiger partial charge is 0.361 e. The van der Waals surface area contributed by atoms with E-state index in [-0.39, 0.29) is 0 Å². The summed E-state index contributed by atoms with van der Waals surface area (Å²) in [7, 11) is 0. The first kappa shape index (κ1) is 27.2. The zero-order valence-corrected chi connectivity index (χ0v) is 25.8. The first-order chi connectivity index (χ1) is 22.2. The molecule has 1 aliphatic heterocycles. The van der Waals surface area contributed by atoms with Crippen LogP contribution in [-0.4, -0.2) is 20.5 Å². The van der Waals surface area contributed by atoms with Gasteiger partial charge in [-0.1, -0.05) is 110 Å². The molecule has 4 nitrogen and oxygen atoms in total. The molecule has 2 aromatic heterocycles. The Morgan fingerprint density at radius 1 is 0.533 bits per heavy atom. The van der Waals surface area contributed by atoms with Gasteiger partial charge in [-0.05, 0) is 65.7 Å². The molecule has 0 fully saturated rings. The zero-order valence-electron chi connectivity index (χ0n) is 25.1. The molecule has 45 heavy (non-hydrogen) atoms. The molecule has 1 N–H and O–H groups in total. The van der Waals surface area contributed by atoms with Crippen LogP contribution < -0.4 is 5.32 Å². The van der Waals surface area contributed by atoms with E-state index in [9.17, 15) is 0 Å². The molecule has 1 unspecified atom stereocenters. The Morgan fingerprint density at radius 3 is 1.91 bits per heavy atom. The van der Waals surface area contributed by atoms with Crippen molar-refractivity contribution in [1.29, 1.82) is 0 Å². The van der Waals surface area contributed by atoms with Gasteiger partial charge < -0.3 is 9.88 Å². The maximum atomic E-state index is 6.97. The third-order valence-corrected chi connectivity index (χ3v) is 8.88. The van der Waals surface area contributed by atoms with Crippen LogP contribution in [0.4, 0.5) is 11.4 Å². The topological polar surface area (TPSA) is 34.2 Å². The maximum Gasteiger partial charge on any atom is 0.161 e. The van der Waals surface area contributed by atoms with E-state index in [0.29, 0.717) is 0 Å². The Labute approximate surface area is 266 Å². The van der Waals surface area contributed by atoms with Crippen molar-refractivity contribution in [2.75, 3.05) is 5.32 Å². The van der Waals surface area contributed by atoms with E-state index in [1.807, 2.05) is 38.1 Å². The average molecular weight is 603 g/mol. The van der Waals surface area contributed by atoms with Gasteiger partial charge in [-0.15, -0.1) is 0 Å². The molecule has 3 heterocycles. The molecule has 1 aliphatic rings. The second kappa shape index (κ2) is 11.0. The van der Waals surface area contributed by atoms with Crippen molar-refractivity contribution in [3.8, 4) is 16.8 Å². The Bertz CT molecular complexity index is 2400. The average Bonchev–Trinajstić information content (AvgIpc) is 3.61. The Hall–Kier alpha value is -5.32. The van der Waals surface area contributed by atoms with E-state index in [4.69, 9.17) is 16.6 Å². The van der Waals surface area contributed by atoms with Crippen LogP contribution in [0.5, 0.6) is 0 Å². The summed E-state index contributed by atoms with van der Waals surface area (Å²) in [5.41, 5.74) is 9.38. The number of nitrogens with zero attached hydrogens (tertiary/aromatic N) is 3. The van der Waals surface area contributed by atoms with Crippen molar-refractivity contribution in [3.63, 3.8) is 0 Å². The summed E-state index contributed by atoms with van der Waals surface area (Å²) in [6.07, 6.45) is 0. The summed E-state index contributed by atoms with van der Waals surface area (Å²) in [6, 6.07) is 49.3. The lowest BCUT2D eigenvalue weighted by atomic mass is 10.0. The molecule has 218 valence electrons. The summed E-state index contributed by atoms with van der Waals surface area (Å²) in [4.78, 5) is 5.06. The minimum atomic E-state index is -0.474. The summed E-state index contributed by atoms with van der Waals surface area (Å²) < 4.78 is 4.57. The number of hydrogen-bond acceptors (Lipinski definition) is 2. The van der Waals surface area contributed by atoms with Gasteiger partial charge in [0.2, 0.25) is 0 Å². The van der Waals surface area contributed by atoms with Gasteiger partial charge in [0.25, 0.3) is 0 Å². The van der Waals surface area contributed by atoms with E-state index in [0.717, 1.165) is 39.5 Å². The van der Waals surface area contributed by atoms with Gasteiger partial charge in [0.05, 0.1) is 33.4 Å². The summed E-state index contributed by atoms with van der Waals surface area (Å²) in [6.45, 7) is 4.00. The molecule has 9 rings (SSSR count). The second-order valence-electron chi connectivity index (χ2n) is 11.0. The summed E-state index contributed by atoms with van der Waals surface area (Å²) in [5.74, 6) is 0.769. The number of aromatic nitrogens is 2. The molecule has 0 aliphatic carbocycles. The minimum absolute atomic E-state index is 0.474. The molecule has 5 heteroatoms. The molecule has 8 aromatic rings. The van der Waals surface area contributed by atoms with Gasteiger partial charge in [0.1, 0.15) is 0 Å². The molecular weight excluding hydrogens is 572 g/mol. The van der Waals surface area contributed by atoms with Crippen molar-refractivity contribution < 1.29 is 0 Å². The lowest BCUT2D eigenvalue weighted by Gasteiger charge is -2.24. The van der Waals surface area contributed by atoms with E-state index < -0.39 is 5.50 Å². The Morgan fingerprint density at radius 2 is 1.11 bits per heavy atom. The van der Waals surface area contributed by atoms with Crippen molar-refractivity contribution in [1.82, 2.24) is 9.13 Å². The van der Waals surface area contributed by atoms with Crippen LogP contribution in [0.2, 0.25) is 0 Å². The van der Waals surface area contributed by atoms with E-state index in [2.05, 4.69) is 130 Å². The number of alkyl halides is 1. The highest BCUT2D eigenvalue weighted by molar-refractivity contribution is 6.36. The number of halogens is 1. The van der Waals surface area contributed by atoms with Gasteiger partial charge >= 0.3 is 0 Å². The van der Waals surface area contributed by atoms with Crippen LogP contribution in [0.1, 0.15) is 13.8 Å². The number of aliphatic imine (C=N–C) groups is 1. The fraction of sp³-hybridized carbons (Fsp3) is 0.0750. The quantitative estimate of drug-likeness (QED) is 0.155. The normalized spacial score (nSPS) is 14.2. The van der Waals surface area contributed by atoms with Crippen LogP contribution in [0, 0.1) is 0 Å². The highest BCUT2D eigenvalue weighted by Gasteiger charge is 2.25. The molecule has 0 spiro atoms. The maximum absolute atomic E-state index is 6.97. The van der Waals surface area contributed by atoms with Gasteiger partial charge in [0, 0.05) is 27.2 Å². The predicted octanol–water partition coefficient (Wildman–Crippen LogP) is 11.2. The predicted molar refractivity (Wildman–Crippen MR) is 193 cm³/mol. The van der Waals surface area contributed by atoms with Crippen molar-refractivity contribution in [2.24, 2.45) is 4.99 Å². The molecule has 0 bridgehead atoms. The van der Waals surface area contributed by atoms with Crippen LogP contribution in [0.25, 0.3) is 60.4 Å². The Kier molecular flexibility index (Phi) is 6.66. The van der Waals surface area contributed by atoms with Gasteiger partial charge in [-0.2, -0.15) is 0 Å². The van der Waals surface area contributed by atoms with Crippen molar-refractivity contribution in [2.45, 2.75) is 19.3 Å². The van der Waals surface area contributed by atoms with Crippen LogP contribution in [-0.2, 0) is 0 Å². The van der Waals surface area contributed by atoms with Gasteiger partial charge in [-0.25, -0.2) is 4.99 Å². The third kappa shape index (κ3) is 4.33. The number of fused-ring (bicyclic) bond motifs is 7. The molecule has 1 atom stereocenters. The smallest absolute Gasteiger partial charge is 0.161 e. The molecule has 0 amide bonds. The lowest BCUT2D eigenvalue weighted by Crippen LogP contribution is -2.32. The third-order valence-electron chi connectivity index (χ3n) is 8.57. The minimum Gasteiger partial charge on any atom is -0.361 e. The highest BCUT2D eigenvalue weighted by atomic mass is 35.5. The summed E-state index contributed by atoms with van der Waals surface area (Å²) in [5, 5.41) is 8.26. The van der Waals surface area contributed by atoms with E-state index in [1.54, 1.807) is 0 Å². The Balaban J connectivity index is 0.00000147.